The van der Waals surface area contributed by atoms with E-state index >= 15 is 0 Å². The van der Waals surface area contributed by atoms with Crippen molar-refractivity contribution >= 4 is 28.5 Å². The van der Waals surface area contributed by atoms with Gasteiger partial charge in [-0.1, -0.05) is 6.92 Å². The molecule has 1 aromatic heterocycles. The fourth-order valence-electron chi connectivity index (χ4n) is 2.10. The van der Waals surface area contributed by atoms with Gasteiger partial charge in [0, 0.05) is 44.3 Å². The lowest BCUT2D eigenvalue weighted by Gasteiger charge is -2.34. The maximum absolute atomic E-state index is 12.0. The van der Waals surface area contributed by atoms with Crippen LogP contribution in [0.5, 0.6) is 0 Å². The van der Waals surface area contributed by atoms with E-state index in [2.05, 4.69) is 15.2 Å². The van der Waals surface area contributed by atoms with Crippen molar-refractivity contribution in [3.05, 3.63) is 11.6 Å². The van der Waals surface area contributed by atoms with Gasteiger partial charge in [0.1, 0.15) is 0 Å². The van der Waals surface area contributed by atoms with Gasteiger partial charge >= 0.3 is 12.0 Å². The SMILES string of the molecule is CC(CCNC(=O)N1CCN(c2nccs2)CC1)C(=O)O. The molecule has 2 heterocycles. The molecular weight excluding hydrogens is 292 g/mol. The van der Waals surface area contributed by atoms with Gasteiger partial charge in [-0.2, -0.15) is 0 Å². The Bertz CT molecular complexity index is 472. The molecule has 1 saturated heterocycles. The van der Waals surface area contributed by atoms with E-state index in [4.69, 9.17) is 5.11 Å². The largest absolute Gasteiger partial charge is 0.481 e. The predicted molar refractivity (Wildman–Crippen MR) is 80.7 cm³/mol. The van der Waals surface area contributed by atoms with Crippen molar-refractivity contribution in [2.24, 2.45) is 5.92 Å². The van der Waals surface area contributed by atoms with Crippen LogP contribution in [-0.2, 0) is 4.79 Å². The number of anilines is 1. The summed E-state index contributed by atoms with van der Waals surface area (Å²) < 4.78 is 0. The molecule has 2 rings (SSSR count). The second-order valence-corrected chi connectivity index (χ2v) is 5.92. The molecule has 2 amide bonds. The summed E-state index contributed by atoms with van der Waals surface area (Å²) in [6, 6.07) is -0.119. The molecule has 7 nitrogen and oxygen atoms in total. The second kappa shape index (κ2) is 7.26. The van der Waals surface area contributed by atoms with Crippen molar-refractivity contribution < 1.29 is 14.7 Å². The Kier molecular flexibility index (Phi) is 5.38. The summed E-state index contributed by atoms with van der Waals surface area (Å²) in [6.45, 7) is 4.87. The molecule has 1 aromatic rings. The third kappa shape index (κ3) is 4.32. The van der Waals surface area contributed by atoms with Gasteiger partial charge in [0.25, 0.3) is 0 Å². The number of rotatable bonds is 5. The molecule has 0 spiro atoms. The monoisotopic (exact) mass is 312 g/mol. The van der Waals surface area contributed by atoms with Gasteiger partial charge in [-0.3, -0.25) is 4.79 Å². The van der Waals surface area contributed by atoms with Gasteiger partial charge < -0.3 is 20.2 Å². The minimum atomic E-state index is -0.832. The zero-order valence-electron chi connectivity index (χ0n) is 12.0. The van der Waals surface area contributed by atoms with Crippen molar-refractivity contribution in [3.63, 3.8) is 0 Å². The van der Waals surface area contributed by atoms with Crippen molar-refractivity contribution in [2.45, 2.75) is 13.3 Å². The van der Waals surface area contributed by atoms with Crippen LogP contribution in [0.15, 0.2) is 11.6 Å². The third-order valence-corrected chi connectivity index (χ3v) is 4.36. The number of hydrogen-bond acceptors (Lipinski definition) is 5. The lowest BCUT2D eigenvalue weighted by molar-refractivity contribution is -0.141. The Labute approximate surface area is 127 Å². The van der Waals surface area contributed by atoms with Crippen LogP contribution in [0.2, 0.25) is 0 Å². The van der Waals surface area contributed by atoms with Crippen LogP contribution in [0, 0.1) is 5.92 Å². The predicted octanol–water partition coefficient (Wildman–Crippen LogP) is 1.09. The summed E-state index contributed by atoms with van der Waals surface area (Å²) in [7, 11) is 0. The molecule has 0 aliphatic carbocycles. The average Bonchev–Trinajstić information content (AvgIpc) is 3.01. The van der Waals surface area contributed by atoms with E-state index in [1.165, 1.54) is 0 Å². The highest BCUT2D eigenvalue weighted by Gasteiger charge is 2.22. The second-order valence-electron chi connectivity index (χ2n) is 5.05. The van der Waals surface area contributed by atoms with Crippen LogP contribution in [0.4, 0.5) is 9.93 Å². The molecular formula is C13H20N4O3S. The fourth-order valence-corrected chi connectivity index (χ4v) is 2.80. The van der Waals surface area contributed by atoms with Crippen LogP contribution in [-0.4, -0.2) is 59.7 Å². The van der Waals surface area contributed by atoms with Crippen LogP contribution >= 0.6 is 11.3 Å². The molecule has 0 radical (unpaired) electrons. The summed E-state index contributed by atoms with van der Waals surface area (Å²) in [5.74, 6) is -1.27. The van der Waals surface area contributed by atoms with E-state index in [0.717, 1.165) is 18.2 Å². The number of urea groups is 1. The maximum Gasteiger partial charge on any atom is 0.317 e. The maximum atomic E-state index is 12.0. The minimum Gasteiger partial charge on any atom is -0.481 e. The zero-order chi connectivity index (χ0) is 15.2. The average molecular weight is 312 g/mol. The first-order chi connectivity index (χ1) is 10.1. The Morgan fingerprint density at radius 2 is 2.14 bits per heavy atom. The van der Waals surface area contributed by atoms with Crippen LogP contribution in [0.1, 0.15) is 13.3 Å². The third-order valence-electron chi connectivity index (χ3n) is 3.53. The fraction of sp³-hybridized carbons (Fsp3) is 0.615. The lowest BCUT2D eigenvalue weighted by atomic mass is 10.1. The molecule has 1 atom stereocenters. The van der Waals surface area contributed by atoms with Crippen molar-refractivity contribution in [1.29, 1.82) is 0 Å². The highest BCUT2D eigenvalue weighted by atomic mass is 32.1. The van der Waals surface area contributed by atoms with E-state index in [1.54, 1.807) is 29.4 Å². The number of aliphatic carboxylic acids is 1. The molecule has 1 unspecified atom stereocenters. The Morgan fingerprint density at radius 1 is 1.43 bits per heavy atom. The number of carbonyl (C=O) groups excluding carboxylic acids is 1. The summed E-state index contributed by atoms with van der Waals surface area (Å²) in [6.07, 6.45) is 2.23. The van der Waals surface area contributed by atoms with Gasteiger partial charge in [-0.05, 0) is 6.42 Å². The van der Waals surface area contributed by atoms with Crippen molar-refractivity contribution in [3.8, 4) is 0 Å². The number of thiazole rings is 1. The smallest absolute Gasteiger partial charge is 0.317 e. The first kappa shape index (κ1) is 15.6. The normalized spacial score (nSPS) is 16.6. The standard InChI is InChI=1S/C13H20N4O3S/c1-10(11(18)19)2-3-14-12(20)16-5-7-17(8-6-16)13-15-4-9-21-13/h4,9-10H,2-3,5-8H2,1H3,(H,14,20)(H,18,19). The van der Waals surface area contributed by atoms with Crippen LogP contribution in [0.25, 0.3) is 0 Å². The summed E-state index contributed by atoms with van der Waals surface area (Å²) in [5.41, 5.74) is 0. The van der Waals surface area contributed by atoms with Gasteiger partial charge in [0.05, 0.1) is 5.92 Å². The molecule has 1 aliphatic heterocycles. The Morgan fingerprint density at radius 3 is 2.71 bits per heavy atom. The number of hydrogen-bond donors (Lipinski definition) is 2. The van der Waals surface area contributed by atoms with Crippen molar-refractivity contribution in [1.82, 2.24) is 15.2 Å². The molecule has 2 N–H and O–H groups in total. The number of carboxylic acid groups (broad SMARTS) is 1. The number of piperazine rings is 1. The number of nitrogens with one attached hydrogen (secondary N) is 1. The topological polar surface area (TPSA) is 85.8 Å². The van der Waals surface area contributed by atoms with Gasteiger partial charge in [-0.15, -0.1) is 11.3 Å². The number of amides is 2. The number of aromatic nitrogens is 1. The zero-order valence-corrected chi connectivity index (χ0v) is 12.8. The molecule has 1 fully saturated rings. The summed E-state index contributed by atoms with van der Waals surface area (Å²) in [4.78, 5) is 30.9. The lowest BCUT2D eigenvalue weighted by Crippen LogP contribution is -2.52. The molecule has 0 aromatic carbocycles. The Hall–Kier alpha value is -1.83. The molecule has 8 heteroatoms. The van der Waals surface area contributed by atoms with Crippen molar-refractivity contribution in [2.75, 3.05) is 37.6 Å². The number of carbonyl (C=O) groups is 2. The summed E-state index contributed by atoms with van der Waals surface area (Å²) in [5, 5.41) is 14.5. The first-order valence-electron chi connectivity index (χ1n) is 6.98. The van der Waals surface area contributed by atoms with Crippen LogP contribution in [0.3, 0.4) is 0 Å². The highest BCUT2D eigenvalue weighted by Crippen LogP contribution is 2.18. The number of carboxylic acids is 1. The summed E-state index contributed by atoms with van der Waals surface area (Å²) >= 11 is 1.60. The van der Waals surface area contributed by atoms with E-state index in [9.17, 15) is 9.59 Å². The minimum absolute atomic E-state index is 0.119. The number of nitrogens with zero attached hydrogens (tertiary/aromatic N) is 3. The van der Waals surface area contributed by atoms with Gasteiger partial charge in [0.2, 0.25) is 0 Å². The molecule has 116 valence electrons. The molecule has 0 saturated carbocycles. The molecule has 0 bridgehead atoms. The van der Waals surface area contributed by atoms with Gasteiger partial charge in [-0.25, -0.2) is 9.78 Å². The molecule has 21 heavy (non-hydrogen) atoms. The highest BCUT2D eigenvalue weighted by molar-refractivity contribution is 7.13. The van der Waals surface area contributed by atoms with E-state index in [1.807, 2.05) is 5.38 Å². The molecule has 1 aliphatic rings. The Balaban J connectivity index is 1.69. The first-order valence-corrected chi connectivity index (χ1v) is 7.86. The van der Waals surface area contributed by atoms with Crippen LogP contribution < -0.4 is 10.2 Å². The van der Waals surface area contributed by atoms with Gasteiger partial charge in [0.15, 0.2) is 5.13 Å². The quantitative estimate of drug-likeness (QED) is 0.850. The van der Waals surface area contributed by atoms with E-state index in [0.29, 0.717) is 26.1 Å². The van der Waals surface area contributed by atoms with E-state index in [-0.39, 0.29) is 6.03 Å². The van der Waals surface area contributed by atoms with E-state index < -0.39 is 11.9 Å².